The lowest BCUT2D eigenvalue weighted by atomic mass is 10.1. The summed E-state index contributed by atoms with van der Waals surface area (Å²) < 4.78 is 38.3. The predicted molar refractivity (Wildman–Crippen MR) is 166 cm³/mol. The van der Waals surface area contributed by atoms with Gasteiger partial charge in [-0.05, 0) is 66.1 Å². The van der Waals surface area contributed by atoms with Gasteiger partial charge < -0.3 is 30.1 Å². The van der Waals surface area contributed by atoms with Crippen LogP contribution in [-0.4, -0.2) is 86.7 Å². The van der Waals surface area contributed by atoms with Crippen molar-refractivity contribution >= 4 is 44.5 Å². The number of hydrogen-bond acceptors (Lipinski definition) is 9. The number of fused-ring (bicyclic) bond motifs is 1. The number of benzene rings is 3. The first-order valence-corrected chi connectivity index (χ1v) is 16.0. The summed E-state index contributed by atoms with van der Waals surface area (Å²) in [6.07, 6.45) is -0.0690. The number of ether oxygens (including phenoxy) is 2. The van der Waals surface area contributed by atoms with Gasteiger partial charge in [0.05, 0.1) is 18.4 Å². The highest BCUT2D eigenvalue weighted by Gasteiger charge is 2.38. The second kappa shape index (κ2) is 13.7. The molecule has 0 spiro atoms. The number of nitrogens with zero attached hydrogens (tertiary/aromatic N) is 1. The number of rotatable bonds is 10. The Morgan fingerprint density at radius 3 is 2.43 bits per heavy atom. The van der Waals surface area contributed by atoms with Crippen LogP contribution < -0.4 is 20.1 Å². The van der Waals surface area contributed by atoms with Crippen molar-refractivity contribution in [3.05, 3.63) is 83.9 Å². The molecular weight excluding hydrogens is 616 g/mol. The highest BCUT2D eigenvalue weighted by atomic mass is 32.2. The normalized spacial score (nSPS) is 20.8. The summed E-state index contributed by atoms with van der Waals surface area (Å²) in [5.74, 6) is -1.93. The fraction of sp³-hybridized carbons (Fsp3) is 0.312. The highest BCUT2D eigenvalue weighted by Crippen LogP contribution is 2.21. The Hall–Kier alpha value is -4.79. The number of aliphatic hydroxyl groups excluding tert-OH is 1. The van der Waals surface area contributed by atoms with Crippen molar-refractivity contribution in [1.82, 2.24) is 20.3 Å². The molecular formula is C32H34N4O9S. The van der Waals surface area contributed by atoms with Crippen molar-refractivity contribution in [2.45, 2.75) is 49.1 Å². The lowest BCUT2D eigenvalue weighted by molar-refractivity contribution is -0.155. The van der Waals surface area contributed by atoms with Crippen molar-refractivity contribution in [3.63, 3.8) is 0 Å². The molecule has 2 aliphatic rings. The van der Waals surface area contributed by atoms with Crippen molar-refractivity contribution < 1.29 is 42.2 Å². The summed E-state index contributed by atoms with van der Waals surface area (Å²) in [5.41, 5.74) is 0.816. The smallest absolute Gasteiger partial charge is 0.310 e. The van der Waals surface area contributed by atoms with Crippen molar-refractivity contribution in [3.8, 4) is 5.75 Å². The van der Waals surface area contributed by atoms with E-state index in [0.717, 1.165) is 10.8 Å². The number of carbonyl (C=O) groups is 4. The van der Waals surface area contributed by atoms with E-state index in [-0.39, 0.29) is 30.8 Å². The summed E-state index contributed by atoms with van der Waals surface area (Å²) in [6.45, 7) is 1.15. The quantitative estimate of drug-likeness (QED) is 0.185. The van der Waals surface area contributed by atoms with E-state index in [2.05, 4.69) is 15.4 Å². The van der Waals surface area contributed by atoms with Crippen LogP contribution in [0.1, 0.15) is 30.1 Å². The van der Waals surface area contributed by atoms with Crippen molar-refractivity contribution in [2.24, 2.45) is 0 Å². The molecule has 5 rings (SSSR count). The number of methoxy groups -OCH3 is 1. The largest absolute Gasteiger partial charge is 0.497 e. The van der Waals surface area contributed by atoms with Gasteiger partial charge >= 0.3 is 5.97 Å². The fourth-order valence-electron chi connectivity index (χ4n) is 5.23. The zero-order valence-electron chi connectivity index (χ0n) is 25.1. The maximum atomic E-state index is 13.9. The minimum absolute atomic E-state index is 0.00983. The average molecular weight is 651 g/mol. The lowest BCUT2D eigenvalue weighted by Crippen LogP contribution is -2.56. The van der Waals surface area contributed by atoms with Crippen LogP contribution in [0.25, 0.3) is 10.8 Å². The second-order valence-corrected chi connectivity index (χ2v) is 12.8. The average Bonchev–Trinajstić information content (AvgIpc) is 3.28. The third kappa shape index (κ3) is 7.36. The Morgan fingerprint density at radius 2 is 1.76 bits per heavy atom. The van der Waals surface area contributed by atoms with Crippen molar-refractivity contribution in [1.29, 1.82) is 0 Å². The standard InChI is InChI=1S/C32H34N4O9S/c1-19(29(38)35-27-16-28(37)45-32(27)41)36-18-20(17-33-46(42,43)25-12-10-24(44-2)11-13-25)7-14-26(31(36)40)34-30(39)23-9-8-21-5-3-4-6-22(21)15-23/h3-13,15,19,26-27,32-33,41H,14,16-18H2,1-2H3,(H,34,39)(H,35,38)/t19?,26-,27?,32?/m1/s1. The first-order chi connectivity index (χ1) is 21.9. The Kier molecular flexibility index (Phi) is 9.70. The molecule has 0 saturated carbocycles. The molecule has 1 saturated heterocycles. The SMILES string of the molecule is COc1ccc(S(=O)(=O)NCC2=CC[C@@H](NC(=O)c3ccc4ccccc4c3)C(=O)N(C(C)C(=O)NC3CC(=O)OC3O)C2)cc1. The Morgan fingerprint density at radius 1 is 1.04 bits per heavy atom. The van der Waals surface area contributed by atoms with Gasteiger partial charge in [-0.15, -0.1) is 0 Å². The van der Waals surface area contributed by atoms with E-state index in [1.807, 2.05) is 24.3 Å². The molecule has 0 bridgehead atoms. The highest BCUT2D eigenvalue weighted by molar-refractivity contribution is 7.89. The summed E-state index contributed by atoms with van der Waals surface area (Å²) >= 11 is 0. The van der Waals surface area contributed by atoms with Crippen LogP contribution in [-0.2, 0) is 29.1 Å². The van der Waals surface area contributed by atoms with Gasteiger partial charge in [-0.25, -0.2) is 13.1 Å². The molecule has 4 N–H and O–H groups in total. The minimum Gasteiger partial charge on any atom is -0.497 e. The van der Waals surface area contributed by atoms with E-state index in [0.29, 0.717) is 16.9 Å². The number of nitrogens with one attached hydrogen (secondary N) is 3. The van der Waals surface area contributed by atoms with E-state index >= 15 is 0 Å². The number of amides is 3. The fourth-order valence-corrected chi connectivity index (χ4v) is 6.27. The zero-order valence-corrected chi connectivity index (χ0v) is 26.0. The molecule has 0 radical (unpaired) electrons. The number of esters is 1. The molecule has 3 unspecified atom stereocenters. The molecule has 1 fully saturated rings. The predicted octanol–water partition coefficient (Wildman–Crippen LogP) is 1.22. The lowest BCUT2D eigenvalue weighted by Gasteiger charge is -2.31. The molecule has 2 aliphatic heterocycles. The number of aliphatic hydroxyl groups is 1. The van der Waals surface area contributed by atoms with Crippen LogP contribution in [0.4, 0.5) is 0 Å². The molecule has 3 aromatic carbocycles. The van der Waals surface area contributed by atoms with E-state index < -0.39 is 58.1 Å². The third-order valence-corrected chi connectivity index (χ3v) is 9.35. The van der Waals surface area contributed by atoms with Gasteiger partial charge in [0.25, 0.3) is 5.91 Å². The molecule has 2 heterocycles. The van der Waals surface area contributed by atoms with Crippen LogP contribution in [0.2, 0.25) is 0 Å². The molecule has 14 heteroatoms. The summed E-state index contributed by atoms with van der Waals surface area (Å²) in [5, 5.41) is 17.1. The van der Waals surface area contributed by atoms with E-state index in [1.165, 1.54) is 43.2 Å². The summed E-state index contributed by atoms with van der Waals surface area (Å²) in [7, 11) is -2.48. The molecule has 4 atom stereocenters. The Bertz CT molecular complexity index is 1790. The number of carbonyl (C=O) groups excluding carboxylic acids is 4. The third-order valence-electron chi connectivity index (χ3n) is 7.93. The van der Waals surface area contributed by atoms with Gasteiger partial charge in [-0.3, -0.25) is 19.2 Å². The number of hydrogen-bond donors (Lipinski definition) is 4. The second-order valence-electron chi connectivity index (χ2n) is 11.0. The number of cyclic esters (lactones) is 1. The molecule has 46 heavy (non-hydrogen) atoms. The molecule has 242 valence electrons. The van der Waals surface area contributed by atoms with Crippen LogP contribution in [0, 0.1) is 0 Å². The van der Waals surface area contributed by atoms with Gasteiger partial charge in [0, 0.05) is 18.7 Å². The van der Waals surface area contributed by atoms with Gasteiger partial charge in [-0.1, -0.05) is 36.4 Å². The maximum absolute atomic E-state index is 13.9. The molecule has 3 aromatic rings. The summed E-state index contributed by atoms with van der Waals surface area (Å²) in [4.78, 5) is 53.2. The van der Waals surface area contributed by atoms with E-state index in [4.69, 9.17) is 9.47 Å². The van der Waals surface area contributed by atoms with Gasteiger partial charge in [0.2, 0.25) is 28.1 Å². The topological polar surface area (TPSA) is 180 Å². The van der Waals surface area contributed by atoms with Crippen LogP contribution in [0.15, 0.2) is 83.3 Å². The van der Waals surface area contributed by atoms with E-state index in [9.17, 15) is 32.7 Å². The van der Waals surface area contributed by atoms with Crippen LogP contribution >= 0.6 is 0 Å². The minimum atomic E-state index is -3.95. The van der Waals surface area contributed by atoms with Gasteiger partial charge in [-0.2, -0.15) is 0 Å². The van der Waals surface area contributed by atoms with Crippen LogP contribution in [0.5, 0.6) is 5.75 Å². The first kappa shape index (κ1) is 32.6. The molecule has 0 aromatic heterocycles. The van der Waals surface area contributed by atoms with Crippen LogP contribution in [0.3, 0.4) is 0 Å². The van der Waals surface area contributed by atoms with E-state index in [1.54, 1.807) is 24.3 Å². The number of sulfonamides is 1. The first-order valence-electron chi connectivity index (χ1n) is 14.5. The molecule has 3 amide bonds. The molecule has 0 aliphatic carbocycles. The summed E-state index contributed by atoms with van der Waals surface area (Å²) in [6, 6.07) is 15.3. The van der Waals surface area contributed by atoms with Gasteiger partial charge in [0.1, 0.15) is 23.9 Å². The molecule has 13 nitrogen and oxygen atoms in total. The zero-order chi connectivity index (χ0) is 33.0. The van der Waals surface area contributed by atoms with Gasteiger partial charge in [0.15, 0.2) is 0 Å². The Labute approximate surface area is 265 Å². The monoisotopic (exact) mass is 650 g/mol. The van der Waals surface area contributed by atoms with Crippen molar-refractivity contribution in [2.75, 3.05) is 20.2 Å². The maximum Gasteiger partial charge on any atom is 0.310 e. The Balaban J connectivity index is 1.36.